The van der Waals surface area contributed by atoms with E-state index in [1.807, 2.05) is 25.7 Å². The number of hydrogen-bond acceptors (Lipinski definition) is 4. The fourth-order valence-electron chi connectivity index (χ4n) is 1.86. The van der Waals surface area contributed by atoms with E-state index in [1.165, 1.54) is 18.6 Å². The topological polar surface area (TPSA) is 37.8 Å². The molecule has 1 aliphatic rings. The molecule has 0 aliphatic carbocycles. The first-order valence-corrected chi connectivity index (χ1v) is 6.45. The van der Waals surface area contributed by atoms with E-state index in [4.69, 9.17) is 0 Å². The van der Waals surface area contributed by atoms with E-state index >= 15 is 0 Å². The number of nitrogens with one attached hydrogen (secondary N) is 1. The molecule has 2 rings (SSSR count). The van der Waals surface area contributed by atoms with Crippen molar-refractivity contribution in [2.45, 2.75) is 31.6 Å². The van der Waals surface area contributed by atoms with Crippen molar-refractivity contribution in [1.82, 2.24) is 15.3 Å². The lowest BCUT2D eigenvalue weighted by atomic mass is 10.2. The van der Waals surface area contributed by atoms with Gasteiger partial charge in [-0.05, 0) is 38.6 Å². The summed E-state index contributed by atoms with van der Waals surface area (Å²) in [7, 11) is 1.95. The summed E-state index contributed by atoms with van der Waals surface area (Å²) in [5.74, 6) is 2.28. The number of thioether (sulfide) groups is 1. The Morgan fingerprint density at radius 2 is 2.40 bits per heavy atom. The van der Waals surface area contributed by atoms with Crippen LogP contribution in [0.25, 0.3) is 0 Å². The molecule has 0 saturated carbocycles. The van der Waals surface area contributed by atoms with Gasteiger partial charge in [-0.2, -0.15) is 11.8 Å². The van der Waals surface area contributed by atoms with Crippen molar-refractivity contribution in [2.24, 2.45) is 0 Å². The second kappa shape index (κ2) is 4.94. The molecule has 4 heteroatoms. The molecule has 1 fully saturated rings. The lowest BCUT2D eigenvalue weighted by Crippen LogP contribution is -2.10. The van der Waals surface area contributed by atoms with Gasteiger partial charge in [-0.3, -0.25) is 0 Å². The largest absolute Gasteiger partial charge is 0.314 e. The van der Waals surface area contributed by atoms with Crippen LogP contribution >= 0.6 is 11.8 Å². The Labute approximate surface area is 95.1 Å². The van der Waals surface area contributed by atoms with Gasteiger partial charge in [0.25, 0.3) is 0 Å². The number of nitrogens with zero attached hydrogens (tertiary/aromatic N) is 2. The van der Waals surface area contributed by atoms with Gasteiger partial charge in [0.2, 0.25) is 0 Å². The Hall–Kier alpha value is -0.610. The van der Waals surface area contributed by atoms with Crippen LogP contribution in [0.1, 0.15) is 35.3 Å². The molecule has 82 valence electrons. The molecular formula is C11H17N3S. The maximum atomic E-state index is 4.61. The second-order valence-electron chi connectivity index (χ2n) is 3.89. The monoisotopic (exact) mass is 223 g/mol. The van der Waals surface area contributed by atoms with Crippen molar-refractivity contribution in [2.75, 3.05) is 12.8 Å². The Balaban J connectivity index is 2.22. The van der Waals surface area contributed by atoms with Gasteiger partial charge >= 0.3 is 0 Å². The molecule has 1 unspecified atom stereocenters. The van der Waals surface area contributed by atoms with E-state index in [1.54, 1.807) is 0 Å². The molecule has 0 radical (unpaired) electrons. The van der Waals surface area contributed by atoms with Crippen molar-refractivity contribution in [1.29, 1.82) is 0 Å². The fraction of sp³-hybridized carbons (Fsp3) is 0.636. The summed E-state index contributed by atoms with van der Waals surface area (Å²) < 4.78 is 0. The minimum Gasteiger partial charge on any atom is -0.314 e. The Bertz CT molecular complexity index is 335. The number of hydrogen-bond donors (Lipinski definition) is 1. The molecule has 1 aromatic heterocycles. The molecule has 1 atom stereocenters. The summed E-state index contributed by atoms with van der Waals surface area (Å²) in [6, 6.07) is 2.06. The van der Waals surface area contributed by atoms with Crippen LogP contribution in [0.3, 0.4) is 0 Å². The van der Waals surface area contributed by atoms with E-state index in [0.29, 0.717) is 5.25 Å². The smallest absolute Gasteiger partial charge is 0.141 e. The number of rotatable bonds is 3. The van der Waals surface area contributed by atoms with Gasteiger partial charge in [-0.25, -0.2) is 9.97 Å². The van der Waals surface area contributed by atoms with E-state index in [-0.39, 0.29) is 0 Å². The summed E-state index contributed by atoms with van der Waals surface area (Å²) in [6.45, 7) is 2.87. The first-order valence-electron chi connectivity index (χ1n) is 5.40. The average Bonchev–Trinajstić information content (AvgIpc) is 2.70. The molecule has 1 aromatic rings. The van der Waals surface area contributed by atoms with Crippen LogP contribution in [-0.4, -0.2) is 22.8 Å². The molecule has 1 aliphatic heterocycles. The Morgan fingerprint density at radius 1 is 1.53 bits per heavy atom. The zero-order valence-corrected chi connectivity index (χ0v) is 10.1. The Morgan fingerprint density at radius 3 is 3.07 bits per heavy atom. The SMILES string of the molecule is CNCc1cc(C)nc(C2CCCS2)n1. The lowest BCUT2D eigenvalue weighted by molar-refractivity contribution is 0.731. The van der Waals surface area contributed by atoms with Crippen LogP contribution in [0.5, 0.6) is 0 Å². The van der Waals surface area contributed by atoms with Crippen molar-refractivity contribution in [3.8, 4) is 0 Å². The summed E-state index contributed by atoms with van der Waals surface area (Å²) >= 11 is 1.99. The third-order valence-corrected chi connectivity index (χ3v) is 3.87. The number of aromatic nitrogens is 2. The first kappa shape index (κ1) is 10.9. The van der Waals surface area contributed by atoms with Gasteiger partial charge in [0, 0.05) is 12.2 Å². The van der Waals surface area contributed by atoms with Crippen LogP contribution in [0.4, 0.5) is 0 Å². The minimum absolute atomic E-state index is 0.528. The highest BCUT2D eigenvalue weighted by molar-refractivity contribution is 7.99. The van der Waals surface area contributed by atoms with Crippen molar-refractivity contribution < 1.29 is 0 Å². The Kier molecular flexibility index (Phi) is 3.59. The molecular weight excluding hydrogens is 206 g/mol. The molecule has 15 heavy (non-hydrogen) atoms. The highest BCUT2D eigenvalue weighted by Gasteiger charge is 2.20. The van der Waals surface area contributed by atoms with Gasteiger partial charge in [0.15, 0.2) is 0 Å². The third kappa shape index (κ3) is 2.69. The highest BCUT2D eigenvalue weighted by Crippen LogP contribution is 2.38. The molecule has 0 bridgehead atoms. The lowest BCUT2D eigenvalue weighted by Gasteiger charge is -2.09. The zero-order chi connectivity index (χ0) is 10.7. The van der Waals surface area contributed by atoms with Crippen molar-refractivity contribution >= 4 is 11.8 Å². The second-order valence-corrected chi connectivity index (χ2v) is 5.20. The molecule has 0 spiro atoms. The predicted molar refractivity (Wildman–Crippen MR) is 64.0 cm³/mol. The van der Waals surface area contributed by atoms with Gasteiger partial charge in [-0.1, -0.05) is 0 Å². The van der Waals surface area contributed by atoms with Gasteiger partial charge < -0.3 is 5.32 Å². The van der Waals surface area contributed by atoms with E-state index in [9.17, 15) is 0 Å². The average molecular weight is 223 g/mol. The molecule has 0 amide bonds. The third-order valence-electron chi connectivity index (χ3n) is 2.50. The molecule has 1 saturated heterocycles. The van der Waals surface area contributed by atoms with E-state index in [0.717, 1.165) is 23.8 Å². The molecule has 1 N–H and O–H groups in total. The highest BCUT2D eigenvalue weighted by atomic mass is 32.2. The summed E-state index contributed by atoms with van der Waals surface area (Å²) in [5.41, 5.74) is 2.19. The maximum absolute atomic E-state index is 4.61. The standard InChI is InChI=1S/C11H17N3S/c1-8-6-9(7-12-2)14-11(13-8)10-4-3-5-15-10/h6,10,12H,3-5,7H2,1-2H3. The summed E-state index contributed by atoms with van der Waals surface area (Å²) in [6.07, 6.45) is 2.53. The fourth-order valence-corrected chi connectivity index (χ4v) is 3.06. The van der Waals surface area contributed by atoms with E-state index in [2.05, 4.69) is 21.4 Å². The number of aryl methyl sites for hydroxylation is 1. The molecule has 2 heterocycles. The van der Waals surface area contributed by atoms with Crippen LogP contribution in [0, 0.1) is 6.92 Å². The van der Waals surface area contributed by atoms with Gasteiger partial charge in [0.05, 0.1) is 10.9 Å². The van der Waals surface area contributed by atoms with E-state index < -0.39 is 0 Å². The molecule has 3 nitrogen and oxygen atoms in total. The maximum Gasteiger partial charge on any atom is 0.141 e. The van der Waals surface area contributed by atoms with Gasteiger partial charge in [-0.15, -0.1) is 0 Å². The summed E-state index contributed by atoms with van der Waals surface area (Å²) in [4.78, 5) is 9.15. The normalized spacial score (nSPS) is 20.8. The van der Waals surface area contributed by atoms with Crippen molar-refractivity contribution in [3.05, 3.63) is 23.3 Å². The van der Waals surface area contributed by atoms with Crippen LogP contribution in [0.15, 0.2) is 6.07 Å². The van der Waals surface area contributed by atoms with Crippen molar-refractivity contribution in [3.63, 3.8) is 0 Å². The summed E-state index contributed by atoms with van der Waals surface area (Å²) in [5, 5.41) is 3.66. The predicted octanol–water partition coefficient (Wildman–Crippen LogP) is 2.07. The van der Waals surface area contributed by atoms with Crippen LogP contribution in [0.2, 0.25) is 0 Å². The first-order chi connectivity index (χ1) is 7.29. The van der Waals surface area contributed by atoms with Crippen LogP contribution in [-0.2, 0) is 6.54 Å². The zero-order valence-electron chi connectivity index (χ0n) is 9.29. The van der Waals surface area contributed by atoms with Crippen LogP contribution < -0.4 is 5.32 Å². The minimum atomic E-state index is 0.528. The van der Waals surface area contributed by atoms with Gasteiger partial charge in [0.1, 0.15) is 5.82 Å². The quantitative estimate of drug-likeness (QED) is 0.851. The molecule has 0 aromatic carbocycles.